The first-order valence-corrected chi connectivity index (χ1v) is 15.0. The van der Waals surface area contributed by atoms with Crippen LogP contribution in [0.3, 0.4) is 0 Å². The summed E-state index contributed by atoms with van der Waals surface area (Å²) in [6.45, 7) is 0.111. The van der Waals surface area contributed by atoms with Crippen LogP contribution >= 0.6 is 0 Å². The maximum atomic E-state index is 2.60. The summed E-state index contributed by atoms with van der Waals surface area (Å²) in [5, 5.41) is 5.42. The van der Waals surface area contributed by atoms with Crippen molar-refractivity contribution in [3.63, 3.8) is 0 Å². The normalized spacial score (nSPS) is 14.3. The molecule has 4 heteroatoms. The lowest BCUT2D eigenvalue weighted by Crippen LogP contribution is -2.61. The maximum Gasteiger partial charge on any atom is 0.273 e. The van der Waals surface area contributed by atoms with E-state index in [2.05, 4.69) is 135 Å². The molecule has 0 fully saturated rings. The van der Waals surface area contributed by atoms with E-state index < -0.39 is 0 Å². The zero-order valence-corrected chi connectivity index (χ0v) is 22.9. The first-order valence-electron chi connectivity index (χ1n) is 15.0. The Morgan fingerprint density at radius 1 is 0.595 bits per heavy atom. The van der Waals surface area contributed by atoms with Crippen LogP contribution in [-0.4, -0.2) is 20.4 Å². The Bertz CT molecular complexity index is 2520. The van der Waals surface area contributed by atoms with Crippen LogP contribution in [0.5, 0.6) is 0 Å². The molecule has 0 spiro atoms. The minimum absolute atomic E-state index is 0.111. The molecule has 0 atom stereocenters. The monoisotopic (exact) mass is 533 g/mol. The van der Waals surface area contributed by atoms with E-state index in [-0.39, 0.29) is 6.71 Å². The first-order chi connectivity index (χ1) is 20.9. The molecule has 1 aliphatic carbocycles. The molecule has 194 valence electrons. The standard InChI is InChI=1S/C38H24BN3/c1-2-12-23(13-3-1)40-32-20-10-6-16-26(32)37-38(40)39-29-17-7-11-21-33(29)41-30-18-8-4-14-24(30)27-22-28-25-15-5-9-19-31(25)42(37)36(28)34(39)35(27)41/h1-3,5-13,15-22H,4,14H2. The summed E-state index contributed by atoms with van der Waals surface area (Å²) in [6.07, 6.45) is 6.90. The molecule has 2 aliphatic heterocycles. The van der Waals surface area contributed by atoms with E-state index in [4.69, 9.17) is 0 Å². The molecule has 3 nitrogen and oxygen atoms in total. The van der Waals surface area contributed by atoms with Gasteiger partial charge in [0.1, 0.15) is 0 Å². The second-order valence-corrected chi connectivity index (χ2v) is 12.0. The summed E-state index contributed by atoms with van der Waals surface area (Å²) in [6, 6.07) is 40.6. The smallest absolute Gasteiger partial charge is 0.273 e. The number of hydrogen-bond donors (Lipinski definition) is 0. The number of nitrogens with zero attached hydrogens (tertiary/aromatic N) is 3. The Hall–Kier alpha value is -5.22. The highest BCUT2D eigenvalue weighted by Crippen LogP contribution is 2.43. The van der Waals surface area contributed by atoms with Crippen molar-refractivity contribution in [1.29, 1.82) is 0 Å². The third-order valence-electron chi connectivity index (χ3n) is 10.1. The van der Waals surface area contributed by atoms with Gasteiger partial charge in [0, 0.05) is 44.2 Å². The predicted molar refractivity (Wildman–Crippen MR) is 176 cm³/mol. The van der Waals surface area contributed by atoms with Gasteiger partial charge in [-0.05, 0) is 71.8 Å². The van der Waals surface area contributed by atoms with Crippen LogP contribution in [0.25, 0.3) is 66.7 Å². The molecule has 42 heavy (non-hydrogen) atoms. The minimum Gasteiger partial charge on any atom is -0.319 e. The van der Waals surface area contributed by atoms with E-state index in [1.165, 1.54) is 88.5 Å². The lowest BCUT2D eigenvalue weighted by Gasteiger charge is -2.33. The number of hydrogen-bond acceptors (Lipinski definition) is 0. The van der Waals surface area contributed by atoms with Crippen molar-refractivity contribution in [2.75, 3.05) is 0 Å². The maximum absolute atomic E-state index is 2.60. The van der Waals surface area contributed by atoms with Crippen LogP contribution in [0.4, 0.5) is 0 Å². The van der Waals surface area contributed by atoms with E-state index in [0.29, 0.717) is 0 Å². The lowest BCUT2D eigenvalue weighted by atomic mass is 9.35. The number of rotatable bonds is 1. The van der Waals surface area contributed by atoms with Crippen LogP contribution in [-0.2, 0) is 6.42 Å². The van der Waals surface area contributed by atoms with E-state index in [0.717, 1.165) is 12.8 Å². The SMILES string of the molecule is C1=Cc2c(c3cc4c5ccccc5n5c4c4c3n2-c2ccccc2B4c2c-5c3ccccc3n2-c2ccccc2)CC1. The van der Waals surface area contributed by atoms with Gasteiger partial charge < -0.3 is 13.7 Å². The fourth-order valence-electron chi connectivity index (χ4n) is 8.60. The van der Waals surface area contributed by atoms with Gasteiger partial charge >= 0.3 is 0 Å². The highest BCUT2D eigenvalue weighted by atomic mass is 15.1. The van der Waals surface area contributed by atoms with Gasteiger partial charge in [-0.2, -0.15) is 0 Å². The van der Waals surface area contributed by atoms with Crippen molar-refractivity contribution >= 4 is 72.9 Å². The molecular formula is C38H24BN3. The zero-order chi connectivity index (χ0) is 27.1. The molecule has 5 aromatic carbocycles. The van der Waals surface area contributed by atoms with Crippen LogP contribution in [0.2, 0.25) is 0 Å². The average molecular weight is 533 g/mol. The molecule has 3 aliphatic rings. The Kier molecular flexibility index (Phi) is 3.76. The molecule has 8 aromatic rings. The third kappa shape index (κ3) is 2.32. The van der Waals surface area contributed by atoms with Crippen LogP contribution in [0.15, 0.2) is 115 Å². The second-order valence-electron chi connectivity index (χ2n) is 12.0. The Labute approximate surface area is 242 Å². The molecule has 0 unspecified atom stereocenters. The largest absolute Gasteiger partial charge is 0.319 e. The van der Waals surface area contributed by atoms with Gasteiger partial charge in [0.2, 0.25) is 0 Å². The van der Waals surface area contributed by atoms with Crippen molar-refractivity contribution in [3.05, 3.63) is 127 Å². The number of fused-ring (bicyclic) bond motifs is 14. The van der Waals surface area contributed by atoms with Crippen LogP contribution in [0.1, 0.15) is 17.7 Å². The van der Waals surface area contributed by atoms with Crippen LogP contribution < -0.4 is 16.5 Å². The number of benzene rings is 5. The molecule has 0 amide bonds. The van der Waals surface area contributed by atoms with Gasteiger partial charge in [-0.3, -0.25) is 0 Å². The number of aryl methyl sites for hydroxylation is 1. The topological polar surface area (TPSA) is 14.8 Å². The highest BCUT2D eigenvalue weighted by Gasteiger charge is 2.44. The molecular weight excluding hydrogens is 509 g/mol. The number of para-hydroxylation sites is 4. The number of aromatic nitrogens is 3. The molecule has 0 saturated heterocycles. The average Bonchev–Trinajstić information content (AvgIpc) is 3.69. The second kappa shape index (κ2) is 7.34. The Morgan fingerprint density at radius 3 is 2.19 bits per heavy atom. The van der Waals surface area contributed by atoms with Crippen molar-refractivity contribution in [2.24, 2.45) is 0 Å². The third-order valence-corrected chi connectivity index (χ3v) is 10.1. The Morgan fingerprint density at radius 2 is 1.31 bits per heavy atom. The van der Waals surface area contributed by atoms with E-state index in [1.54, 1.807) is 0 Å². The van der Waals surface area contributed by atoms with E-state index >= 15 is 0 Å². The quantitative estimate of drug-likeness (QED) is 0.207. The first kappa shape index (κ1) is 21.5. The van der Waals surface area contributed by atoms with Gasteiger partial charge in [0.15, 0.2) is 0 Å². The van der Waals surface area contributed by atoms with E-state index in [1.807, 2.05) is 0 Å². The van der Waals surface area contributed by atoms with Gasteiger partial charge in [0.05, 0.1) is 27.8 Å². The fraction of sp³-hybridized carbons (Fsp3) is 0.0526. The van der Waals surface area contributed by atoms with Crippen molar-refractivity contribution in [2.45, 2.75) is 12.8 Å². The summed E-state index contributed by atoms with van der Waals surface area (Å²) < 4.78 is 7.74. The van der Waals surface area contributed by atoms with Gasteiger partial charge in [-0.25, -0.2) is 0 Å². The zero-order valence-electron chi connectivity index (χ0n) is 22.9. The predicted octanol–water partition coefficient (Wildman–Crippen LogP) is 6.77. The molecule has 0 radical (unpaired) electrons. The Balaban J connectivity index is 1.48. The van der Waals surface area contributed by atoms with Gasteiger partial charge in [0.25, 0.3) is 6.71 Å². The molecule has 0 saturated carbocycles. The fourth-order valence-corrected chi connectivity index (χ4v) is 8.60. The molecule has 0 bridgehead atoms. The highest BCUT2D eigenvalue weighted by molar-refractivity contribution is 7.00. The summed E-state index contributed by atoms with van der Waals surface area (Å²) in [7, 11) is 0. The summed E-state index contributed by atoms with van der Waals surface area (Å²) in [4.78, 5) is 0. The van der Waals surface area contributed by atoms with Gasteiger partial charge in [-0.15, -0.1) is 0 Å². The molecule has 11 rings (SSSR count). The van der Waals surface area contributed by atoms with Crippen molar-refractivity contribution in [1.82, 2.24) is 13.7 Å². The lowest BCUT2D eigenvalue weighted by molar-refractivity contribution is 0.968. The minimum atomic E-state index is 0.111. The van der Waals surface area contributed by atoms with E-state index in [9.17, 15) is 0 Å². The number of allylic oxidation sites excluding steroid dienone is 1. The summed E-state index contributed by atoms with van der Waals surface area (Å²) in [5.74, 6) is 0. The molecule has 0 N–H and O–H groups in total. The molecule has 3 aromatic heterocycles. The summed E-state index contributed by atoms with van der Waals surface area (Å²) >= 11 is 0. The van der Waals surface area contributed by atoms with Crippen molar-refractivity contribution < 1.29 is 0 Å². The van der Waals surface area contributed by atoms with Gasteiger partial charge in [-0.1, -0.05) is 78.9 Å². The summed E-state index contributed by atoms with van der Waals surface area (Å²) in [5.41, 5.74) is 16.2. The van der Waals surface area contributed by atoms with Crippen LogP contribution in [0, 0.1) is 0 Å². The molecule has 5 heterocycles. The van der Waals surface area contributed by atoms with Crippen molar-refractivity contribution in [3.8, 4) is 17.1 Å².